The Bertz CT molecular complexity index is 463. The summed E-state index contributed by atoms with van der Waals surface area (Å²) in [5.74, 6) is -1.20. The van der Waals surface area contributed by atoms with Crippen LogP contribution in [0.2, 0.25) is 0 Å². The Hall–Kier alpha value is -1.86. The van der Waals surface area contributed by atoms with E-state index >= 15 is 0 Å². The normalized spacial score (nSPS) is 11.6. The van der Waals surface area contributed by atoms with Crippen molar-refractivity contribution in [3.8, 4) is 6.07 Å². The third kappa shape index (κ3) is 3.08. The van der Waals surface area contributed by atoms with Crippen LogP contribution < -0.4 is 0 Å². The Morgan fingerprint density at radius 2 is 2.20 bits per heavy atom. The summed E-state index contributed by atoms with van der Waals surface area (Å²) in [5.41, 5.74) is -0.246. The Morgan fingerprint density at radius 3 is 2.73 bits per heavy atom. The van der Waals surface area contributed by atoms with E-state index in [0.29, 0.717) is 0 Å². The first-order valence-corrected chi connectivity index (χ1v) is 5.06. The summed E-state index contributed by atoms with van der Waals surface area (Å²) in [6.07, 6.45) is 5.20. The second-order valence-electron chi connectivity index (χ2n) is 2.72. The monoisotopic (exact) mass is 219 g/mol. The molecular formula is C11H9NO2S. The van der Waals surface area contributed by atoms with Crippen molar-refractivity contribution in [3.05, 3.63) is 33.5 Å². The van der Waals surface area contributed by atoms with E-state index in [0.717, 1.165) is 9.75 Å². The van der Waals surface area contributed by atoms with Gasteiger partial charge in [0.25, 0.3) is 0 Å². The van der Waals surface area contributed by atoms with Crippen molar-refractivity contribution in [3.63, 3.8) is 0 Å². The molecule has 1 aromatic rings. The second-order valence-corrected chi connectivity index (χ2v) is 3.86. The molecule has 0 aliphatic heterocycles. The van der Waals surface area contributed by atoms with Gasteiger partial charge < -0.3 is 5.11 Å². The lowest BCUT2D eigenvalue weighted by molar-refractivity contribution is -0.132. The fraction of sp³-hybridized carbons (Fsp3) is 0.0909. The van der Waals surface area contributed by atoms with E-state index in [1.54, 1.807) is 12.1 Å². The van der Waals surface area contributed by atoms with Crippen molar-refractivity contribution in [2.75, 3.05) is 0 Å². The highest BCUT2D eigenvalue weighted by atomic mass is 32.1. The highest BCUT2D eigenvalue weighted by Crippen LogP contribution is 2.20. The number of carboxylic acid groups (broad SMARTS) is 1. The van der Waals surface area contributed by atoms with E-state index < -0.39 is 5.97 Å². The molecule has 0 fully saturated rings. The number of allylic oxidation sites excluding steroid dienone is 1. The molecule has 1 rings (SSSR count). The van der Waals surface area contributed by atoms with Gasteiger partial charge in [-0.1, -0.05) is 6.08 Å². The van der Waals surface area contributed by atoms with Gasteiger partial charge in [-0.2, -0.15) is 5.26 Å². The van der Waals surface area contributed by atoms with Gasteiger partial charge >= 0.3 is 5.97 Å². The molecule has 0 unspecified atom stereocenters. The Balaban J connectivity index is 2.98. The van der Waals surface area contributed by atoms with Crippen molar-refractivity contribution in [1.82, 2.24) is 0 Å². The zero-order valence-electron chi connectivity index (χ0n) is 8.10. The molecule has 1 N–H and O–H groups in total. The van der Waals surface area contributed by atoms with Crippen molar-refractivity contribution >= 4 is 29.5 Å². The average Bonchev–Trinajstić information content (AvgIpc) is 2.62. The van der Waals surface area contributed by atoms with Crippen molar-refractivity contribution in [2.24, 2.45) is 0 Å². The van der Waals surface area contributed by atoms with Crippen LogP contribution in [0.4, 0.5) is 0 Å². The lowest BCUT2D eigenvalue weighted by Crippen LogP contribution is -1.96. The smallest absolute Gasteiger partial charge is 0.346 e. The summed E-state index contributed by atoms with van der Waals surface area (Å²) < 4.78 is 0. The number of hydrogen-bond acceptors (Lipinski definition) is 3. The minimum Gasteiger partial charge on any atom is -0.477 e. The second kappa shape index (κ2) is 5.13. The fourth-order valence-corrected chi connectivity index (χ4v) is 1.91. The number of carboxylic acids is 1. The number of nitrogens with zero attached hydrogens (tertiary/aromatic N) is 1. The van der Waals surface area contributed by atoms with E-state index in [-0.39, 0.29) is 5.57 Å². The molecule has 0 radical (unpaired) electrons. The van der Waals surface area contributed by atoms with Crippen LogP contribution in [-0.4, -0.2) is 11.1 Å². The van der Waals surface area contributed by atoms with Gasteiger partial charge in [-0.25, -0.2) is 4.79 Å². The maximum absolute atomic E-state index is 10.6. The SMILES string of the molecule is C/C=C/c1ccc(/C=C(/C#N)C(=O)O)s1. The molecule has 0 amide bonds. The summed E-state index contributed by atoms with van der Waals surface area (Å²) in [6.45, 7) is 1.91. The highest BCUT2D eigenvalue weighted by molar-refractivity contribution is 7.13. The number of rotatable bonds is 3. The average molecular weight is 219 g/mol. The van der Waals surface area contributed by atoms with Crippen LogP contribution in [0, 0.1) is 11.3 Å². The van der Waals surface area contributed by atoms with Gasteiger partial charge in [0.05, 0.1) is 0 Å². The molecule has 0 bridgehead atoms. The predicted molar refractivity (Wildman–Crippen MR) is 60.3 cm³/mol. The van der Waals surface area contributed by atoms with Gasteiger partial charge in [0.15, 0.2) is 0 Å². The van der Waals surface area contributed by atoms with Gasteiger partial charge in [0, 0.05) is 9.75 Å². The van der Waals surface area contributed by atoms with Crippen LogP contribution >= 0.6 is 11.3 Å². The molecule has 0 aliphatic rings. The van der Waals surface area contributed by atoms with Crippen LogP contribution in [0.1, 0.15) is 16.7 Å². The molecule has 1 heterocycles. The fourth-order valence-electron chi connectivity index (χ4n) is 0.984. The minimum absolute atomic E-state index is 0.246. The minimum atomic E-state index is -1.20. The third-order valence-corrected chi connectivity index (χ3v) is 2.61. The standard InChI is InChI=1S/C11H9NO2S/c1-2-3-9-4-5-10(15-9)6-8(7-12)11(13)14/h2-6H,1H3,(H,13,14)/b3-2+,8-6-. The molecule has 0 atom stereocenters. The quantitative estimate of drug-likeness (QED) is 0.628. The molecule has 76 valence electrons. The zero-order chi connectivity index (χ0) is 11.3. The lowest BCUT2D eigenvalue weighted by Gasteiger charge is -1.87. The largest absolute Gasteiger partial charge is 0.477 e. The van der Waals surface area contributed by atoms with Gasteiger partial charge in [-0.3, -0.25) is 0 Å². The molecular weight excluding hydrogens is 210 g/mol. The molecule has 4 heteroatoms. The van der Waals surface area contributed by atoms with Crippen LogP contribution in [0.5, 0.6) is 0 Å². The topological polar surface area (TPSA) is 61.1 Å². The summed E-state index contributed by atoms with van der Waals surface area (Å²) in [7, 11) is 0. The van der Waals surface area contributed by atoms with E-state index in [9.17, 15) is 4.79 Å². The number of nitriles is 1. The van der Waals surface area contributed by atoms with E-state index in [2.05, 4.69) is 0 Å². The predicted octanol–water partition coefficient (Wildman–Crippen LogP) is 2.77. The maximum atomic E-state index is 10.6. The van der Waals surface area contributed by atoms with Gasteiger partial charge in [-0.05, 0) is 31.2 Å². The first kappa shape index (κ1) is 11.2. The van der Waals surface area contributed by atoms with Crippen LogP contribution in [-0.2, 0) is 4.79 Å². The first-order chi connectivity index (χ1) is 7.17. The molecule has 3 nitrogen and oxygen atoms in total. The molecule has 0 spiro atoms. The lowest BCUT2D eigenvalue weighted by atomic mass is 10.2. The van der Waals surface area contributed by atoms with Crippen molar-refractivity contribution in [2.45, 2.75) is 6.92 Å². The number of carbonyl (C=O) groups is 1. The Labute approximate surface area is 91.6 Å². The van der Waals surface area contributed by atoms with Gasteiger partial charge in [-0.15, -0.1) is 11.3 Å². The third-order valence-electron chi connectivity index (χ3n) is 1.62. The van der Waals surface area contributed by atoms with Crippen LogP contribution in [0.3, 0.4) is 0 Å². The number of thiophene rings is 1. The number of hydrogen-bond donors (Lipinski definition) is 1. The van der Waals surface area contributed by atoms with Crippen molar-refractivity contribution in [1.29, 1.82) is 5.26 Å². The molecule has 15 heavy (non-hydrogen) atoms. The van der Waals surface area contributed by atoms with Crippen molar-refractivity contribution < 1.29 is 9.90 Å². The van der Waals surface area contributed by atoms with E-state index in [1.165, 1.54) is 17.4 Å². The van der Waals surface area contributed by atoms with Gasteiger partial charge in [0.2, 0.25) is 0 Å². The molecule has 0 aliphatic carbocycles. The summed E-state index contributed by atoms with van der Waals surface area (Å²) in [6, 6.07) is 5.32. The Kier molecular flexibility index (Phi) is 3.83. The summed E-state index contributed by atoms with van der Waals surface area (Å²) >= 11 is 1.44. The van der Waals surface area contributed by atoms with Crippen LogP contribution in [0.25, 0.3) is 12.2 Å². The molecule has 0 saturated heterocycles. The maximum Gasteiger partial charge on any atom is 0.346 e. The Morgan fingerprint density at radius 1 is 1.53 bits per heavy atom. The molecule has 1 aromatic heterocycles. The zero-order valence-corrected chi connectivity index (χ0v) is 8.91. The van der Waals surface area contributed by atoms with Crippen LogP contribution in [0.15, 0.2) is 23.8 Å². The first-order valence-electron chi connectivity index (χ1n) is 4.25. The van der Waals surface area contributed by atoms with E-state index in [4.69, 9.17) is 10.4 Å². The van der Waals surface area contributed by atoms with Gasteiger partial charge in [0.1, 0.15) is 11.6 Å². The highest BCUT2D eigenvalue weighted by Gasteiger charge is 2.06. The summed E-state index contributed by atoms with van der Waals surface area (Å²) in [5, 5.41) is 17.2. The van der Waals surface area contributed by atoms with E-state index in [1.807, 2.05) is 25.1 Å². The molecule has 0 saturated carbocycles. The molecule has 0 aromatic carbocycles. The summed E-state index contributed by atoms with van der Waals surface area (Å²) in [4.78, 5) is 12.4. The number of aliphatic carboxylic acids is 1.